The second-order valence-electron chi connectivity index (χ2n) is 5.08. The topological polar surface area (TPSA) is 29.3 Å². The Labute approximate surface area is 105 Å². The van der Waals surface area contributed by atoms with Crippen LogP contribution in [0.1, 0.15) is 37.8 Å². The highest BCUT2D eigenvalue weighted by atomic mass is 15.1. The van der Waals surface area contributed by atoms with Crippen molar-refractivity contribution in [1.29, 1.82) is 0 Å². The monoisotopic (exact) mass is 232 g/mol. The Hall–Kier alpha value is -1.02. The van der Waals surface area contributed by atoms with E-state index < -0.39 is 0 Å². The summed E-state index contributed by atoms with van der Waals surface area (Å²) in [7, 11) is 0. The Morgan fingerprint density at radius 3 is 2.47 bits per heavy atom. The van der Waals surface area contributed by atoms with E-state index >= 15 is 0 Å². The summed E-state index contributed by atoms with van der Waals surface area (Å²) in [6, 6.07) is 7.03. The van der Waals surface area contributed by atoms with Crippen LogP contribution in [0.4, 0.5) is 5.69 Å². The van der Waals surface area contributed by atoms with Crippen molar-refractivity contribution in [3.05, 3.63) is 29.3 Å². The number of hydrogen-bond donors (Lipinski definition) is 1. The average Bonchev–Trinajstić information content (AvgIpc) is 2.74. The quantitative estimate of drug-likeness (QED) is 0.791. The van der Waals surface area contributed by atoms with Gasteiger partial charge in [0.25, 0.3) is 0 Å². The third-order valence-electron chi connectivity index (χ3n) is 3.74. The maximum Gasteiger partial charge on any atom is 0.0349 e. The van der Waals surface area contributed by atoms with Gasteiger partial charge in [0.05, 0.1) is 0 Å². The predicted octanol–water partition coefficient (Wildman–Crippen LogP) is 2.86. The molecule has 1 unspecified atom stereocenters. The van der Waals surface area contributed by atoms with Gasteiger partial charge in [-0.3, -0.25) is 4.90 Å². The molecule has 2 N–H and O–H groups in total. The molecular weight excluding hydrogens is 208 g/mol. The van der Waals surface area contributed by atoms with Gasteiger partial charge >= 0.3 is 0 Å². The summed E-state index contributed by atoms with van der Waals surface area (Å²) in [6.45, 7) is 6.96. The molecular formula is C15H24N2. The van der Waals surface area contributed by atoms with E-state index in [1.54, 1.807) is 0 Å². The summed E-state index contributed by atoms with van der Waals surface area (Å²) >= 11 is 0. The number of nitrogens with two attached hydrogens (primary N) is 1. The molecule has 2 nitrogen and oxygen atoms in total. The summed E-state index contributed by atoms with van der Waals surface area (Å²) in [5.74, 6) is 0. The van der Waals surface area contributed by atoms with E-state index in [1.807, 2.05) is 6.07 Å². The predicted molar refractivity (Wildman–Crippen MR) is 74.2 cm³/mol. The Morgan fingerprint density at radius 2 is 1.88 bits per heavy atom. The Morgan fingerprint density at radius 1 is 1.18 bits per heavy atom. The highest BCUT2D eigenvalue weighted by Gasteiger charge is 2.26. The molecule has 0 amide bonds. The van der Waals surface area contributed by atoms with Gasteiger partial charge < -0.3 is 5.73 Å². The summed E-state index contributed by atoms with van der Waals surface area (Å²) < 4.78 is 0. The number of benzene rings is 1. The zero-order valence-electron chi connectivity index (χ0n) is 11.1. The molecule has 0 aromatic heterocycles. The van der Waals surface area contributed by atoms with Crippen molar-refractivity contribution in [3.63, 3.8) is 0 Å². The maximum absolute atomic E-state index is 6.06. The van der Waals surface area contributed by atoms with Gasteiger partial charge in [-0.05, 0) is 56.0 Å². The minimum atomic E-state index is 0.676. The van der Waals surface area contributed by atoms with Crippen molar-refractivity contribution in [1.82, 2.24) is 4.90 Å². The van der Waals surface area contributed by atoms with Crippen LogP contribution in [0.3, 0.4) is 0 Å². The minimum Gasteiger partial charge on any atom is -0.398 e. The van der Waals surface area contributed by atoms with Gasteiger partial charge in [0, 0.05) is 11.7 Å². The van der Waals surface area contributed by atoms with E-state index in [9.17, 15) is 0 Å². The smallest absolute Gasteiger partial charge is 0.0349 e. The van der Waals surface area contributed by atoms with Crippen LogP contribution in [0.5, 0.6) is 0 Å². The largest absolute Gasteiger partial charge is 0.398 e. The minimum absolute atomic E-state index is 0.676. The highest BCUT2D eigenvalue weighted by molar-refractivity contribution is 5.53. The van der Waals surface area contributed by atoms with E-state index in [0.717, 1.165) is 12.1 Å². The standard InChI is InChI=1S/C15H24N2/c1-3-8-17(9-4-2)13-10-12-6-5-7-15(16)14(12)11-13/h5-7,13H,3-4,8-11,16H2,1-2H3. The maximum atomic E-state index is 6.06. The molecule has 0 saturated heterocycles. The number of hydrogen-bond acceptors (Lipinski definition) is 2. The molecule has 0 saturated carbocycles. The fourth-order valence-corrected chi connectivity index (χ4v) is 2.97. The van der Waals surface area contributed by atoms with Crippen LogP contribution in [0.2, 0.25) is 0 Å². The lowest BCUT2D eigenvalue weighted by Gasteiger charge is -2.27. The first-order valence-corrected chi connectivity index (χ1v) is 6.86. The number of nitrogens with zero attached hydrogens (tertiary/aromatic N) is 1. The van der Waals surface area contributed by atoms with Crippen LogP contribution < -0.4 is 5.73 Å². The summed E-state index contributed by atoms with van der Waals surface area (Å²) in [4.78, 5) is 2.64. The fourth-order valence-electron chi connectivity index (χ4n) is 2.97. The summed E-state index contributed by atoms with van der Waals surface area (Å²) in [5, 5.41) is 0. The van der Waals surface area contributed by atoms with E-state index in [0.29, 0.717) is 6.04 Å². The van der Waals surface area contributed by atoms with Crippen LogP contribution in [-0.4, -0.2) is 24.0 Å². The van der Waals surface area contributed by atoms with E-state index in [2.05, 4.69) is 30.9 Å². The molecule has 0 radical (unpaired) electrons. The van der Waals surface area contributed by atoms with Crippen LogP contribution in [0.25, 0.3) is 0 Å². The zero-order chi connectivity index (χ0) is 12.3. The molecule has 0 spiro atoms. The SMILES string of the molecule is CCCN(CCC)C1Cc2cccc(N)c2C1. The first-order chi connectivity index (χ1) is 8.26. The summed E-state index contributed by atoms with van der Waals surface area (Å²) in [5.41, 5.74) is 9.91. The second-order valence-corrected chi connectivity index (χ2v) is 5.08. The Balaban J connectivity index is 2.09. The fraction of sp³-hybridized carbons (Fsp3) is 0.600. The number of nitrogen functional groups attached to an aromatic ring is 1. The molecule has 17 heavy (non-hydrogen) atoms. The van der Waals surface area contributed by atoms with Gasteiger partial charge in [-0.1, -0.05) is 26.0 Å². The molecule has 1 aromatic rings. The molecule has 2 rings (SSSR count). The van der Waals surface area contributed by atoms with Gasteiger partial charge in [0.2, 0.25) is 0 Å². The van der Waals surface area contributed by atoms with Gasteiger partial charge in [-0.25, -0.2) is 0 Å². The van der Waals surface area contributed by atoms with Crippen LogP contribution >= 0.6 is 0 Å². The second kappa shape index (κ2) is 5.54. The molecule has 0 bridgehead atoms. The lowest BCUT2D eigenvalue weighted by Crippen LogP contribution is -2.37. The average molecular weight is 232 g/mol. The normalized spacial score (nSPS) is 18.6. The van der Waals surface area contributed by atoms with Crippen molar-refractivity contribution in [3.8, 4) is 0 Å². The van der Waals surface area contributed by atoms with Crippen molar-refractivity contribution in [2.24, 2.45) is 0 Å². The van der Waals surface area contributed by atoms with Crippen molar-refractivity contribution in [2.75, 3.05) is 18.8 Å². The molecule has 1 aliphatic carbocycles. The number of anilines is 1. The molecule has 1 atom stereocenters. The molecule has 0 aliphatic heterocycles. The molecule has 1 aromatic carbocycles. The molecule has 1 aliphatic rings. The molecule has 2 heteroatoms. The van der Waals surface area contributed by atoms with E-state index in [4.69, 9.17) is 5.73 Å². The van der Waals surface area contributed by atoms with Crippen LogP contribution in [-0.2, 0) is 12.8 Å². The van der Waals surface area contributed by atoms with E-state index in [-0.39, 0.29) is 0 Å². The third-order valence-corrected chi connectivity index (χ3v) is 3.74. The molecule has 0 heterocycles. The third kappa shape index (κ3) is 2.63. The van der Waals surface area contributed by atoms with Gasteiger partial charge in [-0.2, -0.15) is 0 Å². The lowest BCUT2D eigenvalue weighted by atomic mass is 10.1. The zero-order valence-corrected chi connectivity index (χ0v) is 11.1. The molecule has 0 fully saturated rings. The van der Waals surface area contributed by atoms with Crippen molar-refractivity contribution < 1.29 is 0 Å². The number of fused-ring (bicyclic) bond motifs is 1. The Kier molecular flexibility index (Phi) is 4.06. The van der Waals surface area contributed by atoms with Crippen molar-refractivity contribution in [2.45, 2.75) is 45.6 Å². The van der Waals surface area contributed by atoms with Crippen molar-refractivity contribution >= 4 is 5.69 Å². The summed E-state index contributed by atoms with van der Waals surface area (Å²) in [6.07, 6.45) is 4.80. The lowest BCUT2D eigenvalue weighted by molar-refractivity contribution is 0.202. The highest BCUT2D eigenvalue weighted by Crippen LogP contribution is 2.29. The Bertz CT molecular complexity index is 367. The first kappa shape index (κ1) is 12.4. The van der Waals surface area contributed by atoms with Crippen LogP contribution in [0, 0.1) is 0 Å². The van der Waals surface area contributed by atoms with Gasteiger partial charge in [0.1, 0.15) is 0 Å². The van der Waals surface area contributed by atoms with Gasteiger partial charge in [-0.15, -0.1) is 0 Å². The van der Waals surface area contributed by atoms with E-state index in [1.165, 1.54) is 43.5 Å². The van der Waals surface area contributed by atoms with Gasteiger partial charge in [0.15, 0.2) is 0 Å². The molecule has 94 valence electrons. The number of rotatable bonds is 5. The van der Waals surface area contributed by atoms with Crippen LogP contribution in [0.15, 0.2) is 18.2 Å². The first-order valence-electron chi connectivity index (χ1n) is 6.86.